The van der Waals surface area contributed by atoms with E-state index in [1.807, 2.05) is 6.92 Å². The van der Waals surface area contributed by atoms with E-state index in [1.165, 1.54) is 4.68 Å². The van der Waals surface area contributed by atoms with Crippen LogP contribution in [-0.2, 0) is 0 Å². The average molecular weight is 457 g/mol. The maximum absolute atomic E-state index is 13.1. The summed E-state index contributed by atoms with van der Waals surface area (Å²) in [5.41, 5.74) is 11.0. The van der Waals surface area contributed by atoms with Crippen molar-refractivity contribution in [3.05, 3.63) is 65.4 Å². The third-order valence-electron chi connectivity index (χ3n) is 4.76. The highest BCUT2D eigenvalue weighted by molar-refractivity contribution is 6.02. The summed E-state index contributed by atoms with van der Waals surface area (Å²) in [5, 5.41) is 28.5. The molecule has 0 aliphatic heterocycles. The van der Waals surface area contributed by atoms with Gasteiger partial charge in [0, 0.05) is 5.56 Å². The Morgan fingerprint density at radius 3 is 2.74 bits per heavy atom. The fourth-order valence-electron chi connectivity index (χ4n) is 3.12. The zero-order chi connectivity index (χ0) is 24.1. The van der Waals surface area contributed by atoms with Crippen LogP contribution in [-0.4, -0.2) is 43.5 Å². The number of hydrogen-bond donors (Lipinski definition) is 2. The number of benzene rings is 2. The van der Waals surface area contributed by atoms with E-state index in [1.54, 1.807) is 55.5 Å². The maximum atomic E-state index is 13.1. The lowest BCUT2D eigenvalue weighted by atomic mass is 10.1. The van der Waals surface area contributed by atoms with Crippen LogP contribution in [0.4, 0.5) is 5.82 Å². The predicted octanol–water partition coefficient (Wildman–Crippen LogP) is 2.32. The van der Waals surface area contributed by atoms with Crippen molar-refractivity contribution in [2.24, 2.45) is 5.10 Å². The highest BCUT2D eigenvalue weighted by Crippen LogP contribution is 2.29. The number of amides is 1. The third kappa shape index (κ3) is 4.44. The Bertz CT molecular complexity index is 1400. The van der Waals surface area contributed by atoms with Crippen LogP contribution in [0.1, 0.15) is 35.5 Å². The number of rotatable bonds is 7. The Hall–Kier alpha value is -5.05. The van der Waals surface area contributed by atoms with E-state index in [4.69, 9.17) is 15.7 Å². The van der Waals surface area contributed by atoms with Gasteiger partial charge in [0.15, 0.2) is 5.69 Å². The first-order valence-corrected chi connectivity index (χ1v) is 10.1. The number of carbonyl (C=O) groups excluding carboxylic acids is 1. The van der Waals surface area contributed by atoms with Crippen molar-refractivity contribution in [3.63, 3.8) is 0 Å². The Labute approximate surface area is 193 Å². The minimum absolute atomic E-state index is 0.0197. The Kier molecular flexibility index (Phi) is 6.26. The number of carbonyl (C=O) groups is 1. The van der Waals surface area contributed by atoms with Gasteiger partial charge in [-0.05, 0) is 54.0 Å². The predicted molar refractivity (Wildman–Crippen MR) is 121 cm³/mol. The number of nitrogen functional groups attached to an aromatic ring is 1. The third-order valence-corrected chi connectivity index (χ3v) is 4.76. The minimum Gasteiger partial charge on any atom is -0.494 e. The van der Waals surface area contributed by atoms with Crippen molar-refractivity contribution < 1.29 is 14.2 Å². The molecular weight excluding hydrogens is 438 g/mol. The number of ether oxygens (including phenoxy) is 1. The summed E-state index contributed by atoms with van der Waals surface area (Å²) < 4.78 is 11.5. The molecule has 4 rings (SSSR count). The van der Waals surface area contributed by atoms with Crippen molar-refractivity contribution in [2.45, 2.75) is 13.8 Å². The van der Waals surface area contributed by atoms with Gasteiger partial charge in [0.1, 0.15) is 11.4 Å². The smallest absolute Gasteiger partial charge is 0.294 e. The van der Waals surface area contributed by atoms with Crippen molar-refractivity contribution in [3.8, 4) is 28.9 Å². The summed E-state index contributed by atoms with van der Waals surface area (Å²) in [6, 6.07) is 15.9. The lowest BCUT2D eigenvalue weighted by Crippen LogP contribution is -2.21. The second-order valence-electron chi connectivity index (χ2n) is 6.96. The molecule has 0 aliphatic rings. The number of hydrogen-bond acceptors (Lipinski definition) is 10. The Morgan fingerprint density at radius 2 is 2.06 bits per heavy atom. The highest BCUT2D eigenvalue weighted by Gasteiger charge is 2.25. The second-order valence-corrected chi connectivity index (χ2v) is 6.96. The summed E-state index contributed by atoms with van der Waals surface area (Å²) in [4.78, 5) is 13.1. The summed E-state index contributed by atoms with van der Waals surface area (Å²) in [6.45, 7) is 4.07. The topological polar surface area (TPSA) is 170 Å². The summed E-state index contributed by atoms with van der Waals surface area (Å²) in [6.07, 6.45) is 0. The monoisotopic (exact) mass is 457 g/mol. The van der Waals surface area contributed by atoms with Gasteiger partial charge in [-0.1, -0.05) is 29.5 Å². The molecule has 2 heterocycles. The zero-order valence-corrected chi connectivity index (χ0v) is 18.3. The van der Waals surface area contributed by atoms with Gasteiger partial charge in [-0.2, -0.15) is 15.0 Å². The number of hydrazone groups is 1. The standard InChI is InChI=1S/C22H19N9O3/c1-3-33-17-6-4-5-16(11-17)19-18(26-30-31(19)21-20(24)28-34-29-21)22(32)27-25-13(2)15-9-7-14(12-23)8-10-15/h4-11H,3H2,1-2H3,(H2,24,28)(H,27,32). The van der Waals surface area contributed by atoms with E-state index >= 15 is 0 Å². The van der Waals surface area contributed by atoms with Crippen LogP contribution in [0.25, 0.3) is 17.1 Å². The number of nitrogens with zero attached hydrogens (tertiary/aromatic N) is 7. The molecule has 0 saturated carbocycles. The van der Waals surface area contributed by atoms with Crippen molar-refractivity contribution >= 4 is 17.4 Å². The Morgan fingerprint density at radius 1 is 1.26 bits per heavy atom. The molecule has 0 atom stereocenters. The van der Waals surface area contributed by atoms with Crippen LogP contribution >= 0.6 is 0 Å². The van der Waals surface area contributed by atoms with E-state index < -0.39 is 5.91 Å². The van der Waals surface area contributed by atoms with Crippen molar-refractivity contribution in [2.75, 3.05) is 12.3 Å². The fraction of sp³-hybridized carbons (Fsp3) is 0.136. The van der Waals surface area contributed by atoms with E-state index in [9.17, 15) is 4.79 Å². The maximum Gasteiger partial charge on any atom is 0.294 e. The number of nitriles is 1. The van der Waals surface area contributed by atoms with Gasteiger partial charge in [-0.25, -0.2) is 10.1 Å². The number of aromatic nitrogens is 5. The molecule has 2 aromatic carbocycles. The Balaban J connectivity index is 1.70. The first kappa shape index (κ1) is 22.2. The lowest BCUT2D eigenvalue weighted by molar-refractivity contribution is 0.0950. The van der Waals surface area contributed by atoms with Gasteiger partial charge >= 0.3 is 0 Å². The van der Waals surface area contributed by atoms with Gasteiger partial charge in [0.05, 0.1) is 24.0 Å². The van der Waals surface area contributed by atoms with E-state index in [0.717, 1.165) is 5.56 Å². The SMILES string of the molecule is CCOc1cccc(-c2c(C(=O)NN=C(C)c3ccc(C#N)cc3)nnn2-c2nonc2N)c1. The van der Waals surface area contributed by atoms with Crippen LogP contribution in [0, 0.1) is 11.3 Å². The highest BCUT2D eigenvalue weighted by atomic mass is 16.6. The molecule has 12 nitrogen and oxygen atoms in total. The molecule has 0 saturated heterocycles. The molecule has 0 radical (unpaired) electrons. The minimum atomic E-state index is -0.605. The second kappa shape index (κ2) is 9.61. The molecule has 0 fully saturated rings. The van der Waals surface area contributed by atoms with E-state index in [0.29, 0.717) is 34.9 Å². The molecule has 3 N–H and O–H groups in total. The molecule has 2 aromatic heterocycles. The number of nitrogens with one attached hydrogen (secondary N) is 1. The molecule has 34 heavy (non-hydrogen) atoms. The largest absolute Gasteiger partial charge is 0.494 e. The van der Waals surface area contributed by atoms with Crippen LogP contribution in [0.2, 0.25) is 0 Å². The summed E-state index contributed by atoms with van der Waals surface area (Å²) >= 11 is 0. The van der Waals surface area contributed by atoms with Gasteiger partial charge in [0.25, 0.3) is 5.91 Å². The van der Waals surface area contributed by atoms with Gasteiger partial charge in [-0.15, -0.1) is 5.10 Å². The molecular formula is C22H19N9O3. The van der Waals surface area contributed by atoms with E-state index in [-0.39, 0.29) is 17.3 Å². The van der Waals surface area contributed by atoms with Crippen LogP contribution in [0.3, 0.4) is 0 Å². The molecule has 12 heteroatoms. The van der Waals surface area contributed by atoms with Gasteiger partial charge < -0.3 is 10.5 Å². The van der Waals surface area contributed by atoms with Crippen LogP contribution in [0.5, 0.6) is 5.75 Å². The fourth-order valence-corrected chi connectivity index (χ4v) is 3.12. The molecule has 0 spiro atoms. The quantitative estimate of drug-likeness (QED) is 0.312. The molecule has 1 amide bonds. The molecule has 4 aromatic rings. The van der Waals surface area contributed by atoms with E-state index in [2.05, 4.69) is 41.9 Å². The summed E-state index contributed by atoms with van der Waals surface area (Å²) in [5.74, 6) is 0.0560. The van der Waals surface area contributed by atoms with Crippen molar-refractivity contribution in [1.29, 1.82) is 5.26 Å². The zero-order valence-electron chi connectivity index (χ0n) is 18.3. The van der Waals surface area contributed by atoms with Crippen LogP contribution in [0.15, 0.2) is 58.3 Å². The molecule has 0 bridgehead atoms. The normalized spacial score (nSPS) is 11.1. The van der Waals surface area contributed by atoms with Crippen molar-refractivity contribution in [1.82, 2.24) is 30.7 Å². The number of nitrogens with two attached hydrogens (primary N) is 1. The average Bonchev–Trinajstić information content (AvgIpc) is 3.48. The van der Waals surface area contributed by atoms with Gasteiger partial charge in [-0.3, -0.25) is 4.79 Å². The summed E-state index contributed by atoms with van der Waals surface area (Å²) in [7, 11) is 0. The molecule has 0 aliphatic carbocycles. The number of anilines is 1. The molecule has 170 valence electrons. The first-order chi connectivity index (χ1) is 16.5. The molecule has 0 unspecified atom stereocenters. The van der Waals surface area contributed by atoms with Crippen LogP contribution < -0.4 is 15.9 Å². The first-order valence-electron chi connectivity index (χ1n) is 10.1. The lowest BCUT2D eigenvalue weighted by Gasteiger charge is -2.08. The van der Waals surface area contributed by atoms with Gasteiger partial charge in [0.2, 0.25) is 11.6 Å².